The first-order valence-corrected chi connectivity index (χ1v) is 5.68. The lowest BCUT2D eigenvalue weighted by Crippen LogP contribution is -2.34. The van der Waals surface area contributed by atoms with Gasteiger partial charge >= 0.3 is 0 Å². The standard InChI is InChI=1S/C11H18ClN3O2/c1-11(16,3-4-17-2)7-15-10-9(12)5-8(13)6-14-10/h5-6,16H,3-4,7,13H2,1-2H3,(H,14,15). The number of rotatable bonds is 6. The van der Waals surface area contributed by atoms with Crippen LogP contribution in [-0.4, -0.2) is 36.0 Å². The Labute approximate surface area is 106 Å². The highest BCUT2D eigenvalue weighted by Crippen LogP contribution is 2.22. The maximum atomic E-state index is 10.0. The van der Waals surface area contributed by atoms with Crippen LogP contribution in [0.2, 0.25) is 5.02 Å². The minimum atomic E-state index is -0.873. The Balaban J connectivity index is 2.54. The fourth-order valence-electron chi connectivity index (χ4n) is 1.27. The van der Waals surface area contributed by atoms with Crippen molar-refractivity contribution in [3.8, 4) is 0 Å². The fraction of sp³-hybridized carbons (Fsp3) is 0.545. The molecule has 1 heterocycles. The molecule has 1 atom stereocenters. The molecule has 5 nitrogen and oxygen atoms in total. The first kappa shape index (κ1) is 14.0. The van der Waals surface area contributed by atoms with Crippen molar-refractivity contribution in [2.45, 2.75) is 18.9 Å². The molecule has 0 aromatic carbocycles. The number of ether oxygens (including phenoxy) is 1. The molecule has 1 unspecified atom stereocenters. The molecule has 0 spiro atoms. The summed E-state index contributed by atoms with van der Waals surface area (Å²) in [6.45, 7) is 2.56. The first-order valence-electron chi connectivity index (χ1n) is 5.31. The molecule has 0 fully saturated rings. The van der Waals surface area contributed by atoms with Gasteiger partial charge in [0.2, 0.25) is 0 Å². The summed E-state index contributed by atoms with van der Waals surface area (Å²) in [5, 5.41) is 13.4. The Morgan fingerprint density at radius 3 is 2.94 bits per heavy atom. The van der Waals surface area contributed by atoms with Crippen LogP contribution in [-0.2, 0) is 4.74 Å². The van der Waals surface area contributed by atoms with Crippen LogP contribution in [0.15, 0.2) is 12.3 Å². The molecule has 0 saturated carbocycles. The third kappa shape index (κ3) is 4.77. The van der Waals surface area contributed by atoms with Crippen LogP contribution in [0.1, 0.15) is 13.3 Å². The Hall–Kier alpha value is -1.04. The normalized spacial score (nSPS) is 14.4. The molecule has 0 aliphatic carbocycles. The molecule has 6 heteroatoms. The highest BCUT2D eigenvalue weighted by Gasteiger charge is 2.20. The van der Waals surface area contributed by atoms with Crippen molar-refractivity contribution < 1.29 is 9.84 Å². The van der Waals surface area contributed by atoms with E-state index in [1.54, 1.807) is 20.1 Å². The van der Waals surface area contributed by atoms with E-state index in [1.165, 1.54) is 6.20 Å². The summed E-state index contributed by atoms with van der Waals surface area (Å²) < 4.78 is 4.92. The second kappa shape index (κ2) is 6.05. The van der Waals surface area contributed by atoms with E-state index in [-0.39, 0.29) is 0 Å². The van der Waals surface area contributed by atoms with Gasteiger partial charge in [-0.15, -0.1) is 0 Å². The molecule has 0 saturated heterocycles. The largest absolute Gasteiger partial charge is 0.397 e. The van der Waals surface area contributed by atoms with E-state index in [1.807, 2.05) is 0 Å². The molecule has 0 bridgehead atoms. The number of nitrogens with one attached hydrogen (secondary N) is 1. The van der Waals surface area contributed by atoms with Crippen LogP contribution >= 0.6 is 11.6 Å². The number of methoxy groups -OCH3 is 1. The average Bonchev–Trinajstić information content (AvgIpc) is 2.25. The molecule has 0 aliphatic rings. The molecule has 1 aromatic heterocycles. The van der Waals surface area contributed by atoms with Crippen LogP contribution in [0, 0.1) is 0 Å². The summed E-state index contributed by atoms with van der Waals surface area (Å²) in [5.41, 5.74) is 5.17. The van der Waals surface area contributed by atoms with Crippen LogP contribution in [0.3, 0.4) is 0 Å². The third-order valence-electron chi connectivity index (χ3n) is 2.34. The van der Waals surface area contributed by atoms with E-state index in [2.05, 4.69) is 10.3 Å². The minimum Gasteiger partial charge on any atom is -0.397 e. The molecule has 0 aliphatic heterocycles. The minimum absolute atomic E-state index is 0.340. The predicted molar refractivity (Wildman–Crippen MR) is 69.3 cm³/mol. The summed E-state index contributed by atoms with van der Waals surface area (Å²) in [5.74, 6) is 0.513. The van der Waals surface area contributed by atoms with Crippen LogP contribution in [0.4, 0.5) is 11.5 Å². The van der Waals surface area contributed by atoms with Gasteiger partial charge in [-0.3, -0.25) is 0 Å². The second-order valence-electron chi connectivity index (χ2n) is 4.19. The van der Waals surface area contributed by atoms with E-state index in [0.29, 0.717) is 36.1 Å². The van der Waals surface area contributed by atoms with Gasteiger partial charge in [-0.2, -0.15) is 0 Å². The van der Waals surface area contributed by atoms with Gasteiger partial charge in [0.05, 0.1) is 22.5 Å². The van der Waals surface area contributed by atoms with E-state index in [9.17, 15) is 5.11 Å². The zero-order chi connectivity index (χ0) is 12.9. The Bertz CT molecular complexity index is 372. The van der Waals surface area contributed by atoms with Crippen molar-refractivity contribution >= 4 is 23.1 Å². The Morgan fingerprint density at radius 1 is 1.65 bits per heavy atom. The lowest BCUT2D eigenvalue weighted by molar-refractivity contribution is 0.0357. The quantitative estimate of drug-likeness (QED) is 0.722. The van der Waals surface area contributed by atoms with Gasteiger partial charge < -0.3 is 20.9 Å². The molecule has 1 aromatic rings. The second-order valence-corrected chi connectivity index (χ2v) is 4.60. The van der Waals surface area contributed by atoms with Crippen molar-refractivity contribution in [2.24, 2.45) is 0 Å². The van der Waals surface area contributed by atoms with E-state index >= 15 is 0 Å². The highest BCUT2D eigenvalue weighted by atomic mass is 35.5. The van der Waals surface area contributed by atoms with Crippen LogP contribution in [0.5, 0.6) is 0 Å². The topological polar surface area (TPSA) is 80.4 Å². The molecule has 96 valence electrons. The van der Waals surface area contributed by atoms with Gasteiger partial charge in [-0.05, 0) is 13.0 Å². The summed E-state index contributed by atoms with van der Waals surface area (Å²) >= 11 is 5.95. The van der Waals surface area contributed by atoms with Gasteiger partial charge in [-0.1, -0.05) is 11.6 Å². The zero-order valence-corrected chi connectivity index (χ0v) is 10.8. The number of aromatic nitrogens is 1. The maximum absolute atomic E-state index is 10.0. The number of hydrogen-bond acceptors (Lipinski definition) is 5. The summed E-state index contributed by atoms with van der Waals surface area (Å²) in [7, 11) is 1.60. The summed E-state index contributed by atoms with van der Waals surface area (Å²) in [6.07, 6.45) is 2.04. The van der Waals surface area contributed by atoms with Gasteiger partial charge in [0.1, 0.15) is 5.82 Å². The van der Waals surface area contributed by atoms with E-state index in [4.69, 9.17) is 22.1 Å². The SMILES string of the molecule is COCCC(C)(O)CNc1ncc(N)cc1Cl. The Morgan fingerprint density at radius 2 is 2.35 bits per heavy atom. The zero-order valence-electron chi connectivity index (χ0n) is 10.0. The van der Waals surface area contributed by atoms with Crippen molar-refractivity contribution in [1.82, 2.24) is 4.98 Å². The van der Waals surface area contributed by atoms with Crippen molar-refractivity contribution in [3.05, 3.63) is 17.3 Å². The van der Waals surface area contributed by atoms with Gasteiger partial charge in [0.15, 0.2) is 0 Å². The van der Waals surface area contributed by atoms with E-state index in [0.717, 1.165) is 0 Å². The molecule has 1 rings (SSSR count). The molecule has 0 radical (unpaired) electrons. The predicted octanol–water partition coefficient (Wildman–Crippen LogP) is 1.52. The van der Waals surface area contributed by atoms with Crippen molar-refractivity contribution in [2.75, 3.05) is 31.3 Å². The number of hydrogen-bond donors (Lipinski definition) is 3. The van der Waals surface area contributed by atoms with Crippen LogP contribution in [0.25, 0.3) is 0 Å². The highest BCUT2D eigenvalue weighted by molar-refractivity contribution is 6.33. The van der Waals surface area contributed by atoms with Gasteiger partial charge in [0.25, 0.3) is 0 Å². The number of anilines is 2. The molecular weight excluding hydrogens is 242 g/mol. The van der Waals surface area contributed by atoms with Gasteiger partial charge in [-0.25, -0.2) is 4.98 Å². The lowest BCUT2D eigenvalue weighted by Gasteiger charge is -2.23. The monoisotopic (exact) mass is 259 g/mol. The average molecular weight is 260 g/mol. The third-order valence-corrected chi connectivity index (χ3v) is 2.63. The maximum Gasteiger partial charge on any atom is 0.145 e. The molecular formula is C11H18ClN3O2. The molecule has 0 amide bonds. The first-order chi connectivity index (χ1) is 7.94. The molecule has 17 heavy (non-hydrogen) atoms. The summed E-state index contributed by atoms with van der Waals surface area (Å²) in [6, 6.07) is 1.61. The summed E-state index contributed by atoms with van der Waals surface area (Å²) in [4.78, 5) is 4.05. The lowest BCUT2D eigenvalue weighted by atomic mass is 10.0. The fourth-order valence-corrected chi connectivity index (χ4v) is 1.51. The number of halogens is 1. The number of aliphatic hydroxyl groups is 1. The number of pyridine rings is 1. The molecule has 4 N–H and O–H groups in total. The van der Waals surface area contributed by atoms with Gasteiger partial charge in [0, 0.05) is 26.7 Å². The Kier molecular flexibility index (Phi) is 4.99. The van der Waals surface area contributed by atoms with Crippen LogP contribution < -0.4 is 11.1 Å². The van der Waals surface area contributed by atoms with Crippen molar-refractivity contribution in [1.29, 1.82) is 0 Å². The number of nitrogens with zero attached hydrogens (tertiary/aromatic N) is 1. The number of nitrogens with two attached hydrogens (primary N) is 1. The van der Waals surface area contributed by atoms with Crippen molar-refractivity contribution in [3.63, 3.8) is 0 Å². The number of nitrogen functional groups attached to an aromatic ring is 1. The van der Waals surface area contributed by atoms with E-state index < -0.39 is 5.60 Å². The smallest absolute Gasteiger partial charge is 0.145 e.